The van der Waals surface area contributed by atoms with Gasteiger partial charge in [-0.1, -0.05) is 19.8 Å². The van der Waals surface area contributed by atoms with Gasteiger partial charge >= 0.3 is 0 Å². The van der Waals surface area contributed by atoms with Crippen molar-refractivity contribution in [3.8, 4) is 0 Å². The van der Waals surface area contributed by atoms with Crippen LogP contribution < -0.4 is 4.90 Å². The van der Waals surface area contributed by atoms with E-state index in [1.165, 1.54) is 19.3 Å². The van der Waals surface area contributed by atoms with Gasteiger partial charge in [0, 0.05) is 30.5 Å². The van der Waals surface area contributed by atoms with E-state index in [2.05, 4.69) is 44.8 Å². The van der Waals surface area contributed by atoms with Crippen LogP contribution in [0, 0.1) is 0 Å². The first-order valence-electron chi connectivity index (χ1n) is 6.33. The quantitative estimate of drug-likeness (QED) is 0.781. The summed E-state index contributed by atoms with van der Waals surface area (Å²) in [7, 11) is 2.12. The van der Waals surface area contributed by atoms with Gasteiger partial charge in [0.15, 0.2) is 0 Å². The van der Waals surface area contributed by atoms with E-state index in [4.69, 9.17) is 0 Å². The highest BCUT2D eigenvalue weighted by molar-refractivity contribution is 9.10. The Balaban J connectivity index is 2.27. The lowest BCUT2D eigenvalue weighted by molar-refractivity contribution is 0.706. The Morgan fingerprint density at radius 3 is 2.89 bits per heavy atom. The average molecular weight is 308 g/mol. The number of fused-ring (bicyclic) bond motifs is 1. The minimum atomic E-state index is 0.934. The molecule has 0 spiro atoms. The minimum Gasteiger partial charge on any atom is -0.373 e. The third kappa shape index (κ3) is 2.99. The van der Waals surface area contributed by atoms with Crippen molar-refractivity contribution in [1.82, 2.24) is 9.97 Å². The summed E-state index contributed by atoms with van der Waals surface area (Å²) < 4.78 is 0.966. The van der Waals surface area contributed by atoms with Gasteiger partial charge in [-0.2, -0.15) is 0 Å². The predicted molar refractivity (Wildman–Crippen MR) is 80.0 cm³/mol. The van der Waals surface area contributed by atoms with Gasteiger partial charge in [-0.15, -0.1) is 0 Å². The Morgan fingerprint density at radius 1 is 1.28 bits per heavy atom. The van der Waals surface area contributed by atoms with Gasteiger partial charge in [-0.25, -0.2) is 0 Å². The summed E-state index contributed by atoms with van der Waals surface area (Å²) in [6.07, 6.45) is 7.41. The predicted octanol–water partition coefficient (Wildman–Crippen LogP) is 4.02. The second kappa shape index (κ2) is 6.14. The third-order valence-corrected chi connectivity index (χ3v) is 3.46. The first-order valence-corrected chi connectivity index (χ1v) is 7.13. The van der Waals surface area contributed by atoms with Crippen LogP contribution in [-0.2, 0) is 0 Å². The minimum absolute atomic E-state index is 0.934. The monoisotopic (exact) mass is 307 g/mol. The molecule has 4 heteroatoms. The van der Waals surface area contributed by atoms with Gasteiger partial charge in [-0.05, 0) is 34.5 Å². The van der Waals surface area contributed by atoms with Crippen LogP contribution in [0.15, 0.2) is 29.0 Å². The first kappa shape index (κ1) is 13.3. The lowest BCUT2D eigenvalue weighted by Crippen LogP contribution is -2.19. The van der Waals surface area contributed by atoms with Crippen LogP contribution >= 0.6 is 15.9 Å². The Morgan fingerprint density at radius 2 is 2.11 bits per heavy atom. The second-order valence-electron chi connectivity index (χ2n) is 4.48. The topological polar surface area (TPSA) is 29.0 Å². The molecule has 0 amide bonds. The molecule has 96 valence electrons. The van der Waals surface area contributed by atoms with Crippen molar-refractivity contribution in [2.75, 3.05) is 18.5 Å². The van der Waals surface area contributed by atoms with Crippen molar-refractivity contribution >= 4 is 32.7 Å². The fraction of sp³-hybridized carbons (Fsp3) is 0.429. The van der Waals surface area contributed by atoms with Crippen LogP contribution in [0.1, 0.15) is 26.2 Å². The molecule has 0 aromatic carbocycles. The highest BCUT2D eigenvalue weighted by Crippen LogP contribution is 2.24. The van der Waals surface area contributed by atoms with Gasteiger partial charge in [0.05, 0.1) is 11.2 Å². The summed E-state index contributed by atoms with van der Waals surface area (Å²) in [6, 6.07) is 4.04. The lowest BCUT2D eigenvalue weighted by Gasteiger charge is -2.20. The maximum atomic E-state index is 4.48. The van der Waals surface area contributed by atoms with E-state index in [1.54, 1.807) is 0 Å². The SMILES string of the molecule is CCCCCN(C)c1ccnc2cc(Br)cnc12. The van der Waals surface area contributed by atoms with Crippen LogP contribution in [0.5, 0.6) is 0 Å². The largest absolute Gasteiger partial charge is 0.373 e. The fourth-order valence-corrected chi connectivity index (χ4v) is 2.34. The Hall–Kier alpha value is -1.16. The van der Waals surface area contributed by atoms with Crippen molar-refractivity contribution in [2.45, 2.75) is 26.2 Å². The van der Waals surface area contributed by atoms with E-state index < -0.39 is 0 Å². The molecule has 0 saturated heterocycles. The maximum absolute atomic E-state index is 4.48. The molecule has 0 aliphatic rings. The Kier molecular flexibility index (Phi) is 4.53. The number of aromatic nitrogens is 2. The molecule has 2 aromatic rings. The number of pyridine rings is 2. The number of hydrogen-bond donors (Lipinski definition) is 0. The smallest absolute Gasteiger partial charge is 0.112 e. The summed E-state index contributed by atoms with van der Waals surface area (Å²) in [5.74, 6) is 0. The van der Waals surface area contributed by atoms with Crippen LogP contribution in [-0.4, -0.2) is 23.6 Å². The standard InChI is InChI=1S/C14H18BrN3/c1-3-4-5-8-18(2)13-6-7-16-12-9-11(15)10-17-14(12)13/h6-7,9-10H,3-5,8H2,1-2H3. The summed E-state index contributed by atoms with van der Waals surface area (Å²) >= 11 is 3.43. The van der Waals surface area contributed by atoms with Gasteiger partial charge in [0.25, 0.3) is 0 Å². The van der Waals surface area contributed by atoms with Crippen LogP contribution in [0.2, 0.25) is 0 Å². The molecule has 2 rings (SSSR count). The Bertz CT molecular complexity index is 527. The molecule has 0 N–H and O–H groups in total. The molecule has 3 nitrogen and oxygen atoms in total. The van der Waals surface area contributed by atoms with Crippen molar-refractivity contribution in [3.63, 3.8) is 0 Å². The molecule has 0 fully saturated rings. The maximum Gasteiger partial charge on any atom is 0.112 e. The molecule has 0 atom stereocenters. The van der Waals surface area contributed by atoms with Crippen LogP contribution in [0.3, 0.4) is 0 Å². The van der Waals surface area contributed by atoms with Crippen LogP contribution in [0.4, 0.5) is 5.69 Å². The molecule has 2 aromatic heterocycles. The van der Waals surface area contributed by atoms with E-state index in [-0.39, 0.29) is 0 Å². The second-order valence-corrected chi connectivity index (χ2v) is 5.40. The van der Waals surface area contributed by atoms with E-state index in [9.17, 15) is 0 Å². The molecular formula is C14H18BrN3. The van der Waals surface area contributed by atoms with Crippen molar-refractivity contribution < 1.29 is 0 Å². The highest BCUT2D eigenvalue weighted by Gasteiger charge is 2.08. The summed E-state index contributed by atoms with van der Waals surface area (Å²) in [4.78, 5) is 11.1. The van der Waals surface area contributed by atoms with Crippen molar-refractivity contribution in [3.05, 3.63) is 29.0 Å². The zero-order valence-corrected chi connectivity index (χ0v) is 12.4. The zero-order valence-electron chi connectivity index (χ0n) is 10.9. The van der Waals surface area contributed by atoms with Gasteiger partial charge < -0.3 is 4.90 Å². The number of hydrogen-bond acceptors (Lipinski definition) is 3. The summed E-state index contributed by atoms with van der Waals surface area (Å²) in [5.41, 5.74) is 3.06. The number of nitrogens with zero attached hydrogens (tertiary/aromatic N) is 3. The number of anilines is 1. The molecular weight excluding hydrogens is 290 g/mol. The fourth-order valence-electron chi connectivity index (χ4n) is 2.02. The van der Waals surface area contributed by atoms with E-state index in [1.807, 2.05) is 24.5 Å². The van der Waals surface area contributed by atoms with Gasteiger partial charge in [-0.3, -0.25) is 9.97 Å². The van der Waals surface area contributed by atoms with E-state index in [0.29, 0.717) is 0 Å². The number of unbranched alkanes of at least 4 members (excludes halogenated alkanes) is 2. The average Bonchev–Trinajstić information content (AvgIpc) is 2.37. The molecule has 0 bridgehead atoms. The van der Waals surface area contributed by atoms with Crippen molar-refractivity contribution in [2.24, 2.45) is 0 Å². The van der Waals surface area contributed by atoms with E-state index in [0.717, 1.165) is 27.7 Å². The normalized spacial score (nSPS) is 10.8. The third-order valence-electron chi connectivity index (χ3n) is 3.03. The molecule has 2 heterocycles. The highest BCUT2D eigenvalue weighted by atomic mass is 79.9. The molecule has 0 saturated carbocycles. The molecule has 0 aliphatic carbocycles. The van der Waals surface area contributed by atoms with Gasteiger partial charge in [0.2, 0.25) is 0 Å². The number of halogens is 1. The molecule has 0 aliphatic heterocycles. The first-order chi connectivity index (χ1) is 8.72. The summed E-state index contributed by atoms with van der Waals surface area (Å²) in [5, 5.41) is 0. The number of rotatable bonds is 5. The zero-order chi connectivity index (χ0) is 13.0. The molecule has 0 unspecified atom stereocenters. The summed E-state index contributed by atoms with van der Waals surface area (Å²) in [6.45, 7) is 3.28. The molecule has 0 radical (unpaired) electrons. The lowest BCUT2D eigenvalue weighted by atomic mass is 10.2. The Labute approximate surface area is 116 Å². The van der Waals surface area contributed by atoms with Crippen LogP contribution in [0.25, 0.3) is 11.0 Å². The van der Waals surface area contributed by atoms with Crippen molar-refractivity contribution in [1.29, 1.82) is 0 Å². The van der Waals surface area contributed by atoms with E-state index >= 15 is 0 Å². The van der Waals surface area contributed by atoms with Gasteiger partial charge in [0.1, 0.15) is 5.52 Å². The molecule has 18 heavy (non-hydrogen) atoms.